The van der Waals surface area contributed by atoms with Gasteiger partial charge in [0.1, 0.15) is 6.04 Å². The van der Waals surface area contributed by atoms with Crippen molar-refractivity contribution in [3.63, 3.8) is 0 Å². The average molecular weight is 137 g/mol. The second kappa shape index (κ2) is 3.38. The first-order valence-corrected chi connectivity index (χ1v) is 3.56. The van der Waals surface area contributed by atoms with Gasteiger partial charge in [0, 0.05) is 6.54 Å². The van der Waals surface area contributed by atoms with Gasteiger partial charge >= 0.3 is 0 Å². The molecule has 0 aromatic carbocycles. The summed E-state index contributed by atoms with van der Waals surface area (Å²) in [6.07, 6.45) is 3.27. The van der Waals surface area contributed by atoms with E-state index in [1.54, 1.807) is 7.05 Å². The lowest BCUT2D eigenvalue weighted by Gasteiger charge is -2.13. The van der Waals surface area contributed by atoms with Crippen molar-refractivity contribution in [1.82, 2.24) is 5.32 Å². The smallest absolute Gasteiger partial charge is 0.291 e. The summed E-state index contributed by atoms with van der Waals surface area (Å²) in [6.45, 7) is 3.11. The molecule has 0 saturated heterocycles. The summed E-state index contributed by atoms with van der Waals surface area (Å²) < 4.78 is 0. The molecule has 1 aliphatic heterocycles. The molecule has 0 amide bonds. The first-order chi connectivity index (χ1) is 4.83. The van der Waals surface area contributed by atoms with Gasteiger partial charge in [-0.3, -0.25) is 5.32 Å². The lowest BCUT2D eigenvalue weighted by Crippen LogP contribution is -2.31. The predicted octanol–water partition coefficient (Wildman–Crippen LogP) is 1.26. The molecule has 0 saturated carbocycles. The van der Waals surface area contributed by atoms with Crippen molar-refractivity contribution in [3.8, 4) is 6.07 Å². The van der Waals surface area contributed by atoms with Crippen LogP contribution in [0.15, 0.2) is 11.6 Å². The number of rotatable bonds is 0. The highest BCUT2D eigenvalue weighted by atomic mass is 14.9. The van der Waals surface area contributed by atoms with Crippen molar-refractivity contribution in [1.29, 1.82) is 0 Å². The Hall–Kier alpha value is -0.810. The first-order valence-electron chi connectivity index (χ1n) is 3.56. The Balaban J connectivity index is 2.47. The van der Waals surface area contributed by atoms with Crippen molar-refractivity contribution in [2.75, 3.05) is 13.6 Å². The van der Waals surface area contributed by atoms with E-state index in [9.17, 15) is 0 Å². The van der Waals surface area contributed by atoms with E-state index in [1.807, 2.05) is 0 Å². The van der Waals surface area contributed by atoms with E-state index < -0.39 is 0 Å². The molecule has 1 atom stereocenters. The van der Waals surface area contributed by atoms with Gasteiger partial charge < -0.3 is 0 Å². The summed E-state index contributed by atoms with van der Waals surface area (Å²) >= 11 is 0. The van der Waals surface area contributed by atoms with Gasteiger partial charge in [-0.15, -0.1) is 0 Å². The zero-order valence-electron chi connectivity index (χ0n) is 6.52. The van der Waals surface area contributed by atoms with Crippen LogP contribution in [0.3, 0.4) is 0 Å². The van der Waals surface area contributed by atoms with Crippen molar-refractivity contribution in [2.45, 2.75) is 19.4 Å². The summed E-state index contributed by atoms with van der Waals surface area (Å²) in [6, 6.07) is 3.32. The third-order valence-corrected chi connectivity index (χ3v) is 1.61. The molecule has 1 unspecified atom stereocenters. The van der Waals surface area contributed by atoms with Crippen molar-refractivity contribution in [2.24, 2.45) is 0 Å². The molecule has 1 rings (SSSR count). The Morgan fingerprint density at radius 3 is 3.10 bits per heavy atom. The SMILES string of the molecule is C[N+]#CC1CC=C(C)CN1. The summed E-state index contributed by atoms with van der Waals surface area (Å²) in [7, 11) is 1.76. The fourth-order valence-electron chi connectivity index (χ4n) is 1.01. The molecule has 0 aromatic rings. The molecule has 10 heavy (non-hydrogen) atoms. The highest BCUT2D eigenvalue weighted by molar-refractivity contribution is 5.12. The molecule has 1 heterocycles. The van der Waals surface area contributed by atoms with Crippen LogP contribution in [0, 0.1) is 6.07 Å². The van der Waals surface area contributed by atoms with Gasteiger partial charge in [-0.1, -0.05) is 16.5 Å². The zero-order valence-corrected chi connectivity index (χ0v) is 6.52. The van der Waals surface area contributed by atoms with E-state index in [0.717, 1.165) is 13.0 Å². The van der Waals surface area contributed by atoms with Crippen LogP contribution in [0.5, 0.6) is 0 Å². The maximum absolute atomic E-state index is 3.84. The molecule has 2 nitrogen and oxygen atoms in total. The van der Waals surface area contributed by atoms with Gasteiger partial charge in [0.05, 0.1) is 0 Å². The van der Waals surface area contributed by atoms with E-state index in [2.05, 4.69) is 29.2 Å². The number of nitrogens with one attached hydrogen (secondary N) is 1. The minimum Gasteiger partial charge on any atom is -0.294 e. The fraction of sp³-hybridized carbons (Fsp3) is 0.625. The molecule has 54 valence electrons. The van der Waals surface area contributed by atoms with E-state index in [-0.39, 0.29) is 0 Å². The van der Waals surface area contributed by atoms with Crippen LogP contribution in [0.1, 0.15) is 13.3 Å². The quantitative estimate of drug-likeness (QED) is 0.497. The molecule has 0 aliphatic carbocycles. The minimum absolute atomic E-state index is 0.341. The van der Waals surface area contributed by atoms with E-state index in [0.29, 0.717) is 6.04 Å². The van der Waals surface area contributed by atoms with Gasteiger partial charge in [0.25, 0.3) is 13.1 Å². The van der Waals surface area contributed by atoms with Gasteiger partial charge in [0.2, 0.25) is 0 Å². The Morgan fingerprint density at radius 2 is 2.60 bits per heavy atom. The average Bonchev–Trinajstić information content (AvgIpc) is 1.95. The molecule has 0 radical (unpaired) electrons. The minimum atomic E-state index is 0.341. The normalized spacial score (nSPS) is 24.6. The van der Waals surface area contributed by atoms with E-state index in [4.69, 9.17) is 0 Å². The largest absolute Gasteiger partial charge is 0.294 e. The maximum Gasteiger partial charge on any atom is 0.291 e. The molecular formula is C8H13N2+. The van der Waals surface area contributed by atoms with Crippen LogP contribution < -0.4 is 5.32 Å². The third kappa shape index (κ3) is 1.85. The summed E-state index contributed by atoms with van der Waals surface area (Å²) in [5, 5.41) is 3.30. The molecule has 0 fully saturated rings. The lowest BCUT2D eigenvalue weighted by atomic mass is 10.1. The van der Waals surface area contributed by atoms with Crippen LogP contribution in [0.4, 0.5) is 0 Å². The van der Waals surface area contributed by atoms with Gasteiger partial charge in [-0.25, -0.2) is 0 Å². The highest BCUT2D eigenvalue weighted by Crippen LogP contribution is 2.04. The standard InChI is InChI=1S/C8H13N2/c1-7-3-4-8(6-9-2)10-5-7/h3,8,10H,4-5H2,1-2H3/q+1. The summed E-state index contributed by atoms with van der Waals surface area (Å²) in [4.78, 5) is 3.84. The molecule has 0 spiro atoms. The predicted molar refractivity (Wildman–Crippen MR) is 43.3 cm³/mol. The van der Waals surface area contributed by atoms with Crippen molar-refractivity contribution in [3.05, 3.63) is 16.5 Å². The van der Waals surface area contributed by atoms with E-state index >= 15 is 0 Å². The van der Waals surface area contributed by atoms with Crippen molar-refractivity contribution < 1.29 is 0 Å². The van der Waals surface area contributed by atoms with Crippen LogP contribution in [-0.4, -0.2) is 19.6 Å². The van der Waals surface area contributed by atoms with Crippen molar-refractivity contribution >= 4 is 0 Å². The number of hydrogen-bond donors (Lipinski definition) is 1. The maximum atomic E-state index is 3.84. The van der Waals surface area contributed by atoms with Crippen LogP contribution >= 0.6 is 0 Å². The lowest BCUT2D eigenvalue weighted by molar-refractivity contribution is 0.616. The molecule has 1 aliphatic rings. The Bertz CT molecular complexity index is 195. The Morgan fingerprint density at radius 1 is 1.80 bits per heavy atom. The zero-order chi connectivity index (χ0) is 7.40. The second-order valence-corrected chi connectivity index (χ2v) is 2.57. The van der Waals surface area contributed by atoms with Crippen LogP contribution in [0.2, 0.25) is 0 Å². The Labute approximate surface area is 61.8 Å². The topological polar surface area (TPSA) is 16.4 Å². The molecule has 0 bridgehead atoms. The molecule has 0 aromatic heterocycles. The van der Waals surface area contributed by atoms with E-state index in [1.165, 1.54) is 5.57 Å². The number of nitrogens with zero attached hydrogens (tertiary/aromatic N) is 1. The second-order valence-electron chi connectivity index (χ2n) is 2.57. The van der Waals surface area contributed by atoms with Gasteiger partial charge in [-0.2, -0.15) is 0 Å². The summed E-state index contributed by atoms with van der Waals surface area (Å²) in [5.41, 5.74) is 1.41. The summed E-state index contributed by atoms with van der Waals surface area (Å²) in [5.74, 6) is 0. The third-order valence-electron chi connectivity index (χ3n) is 1.61. The van der Waals surface area contributed by atoms with Gasteiger partial charge in [0.15, 0.2) is 0 Å². The molecule has 2 heteroatoms. The Kier molecular flexibility index (Phi) is 2.47. The number of hydrogen-bond acceptors (Lipinski definition) is 1. The van der Waals surface area contributed by atoms with Gasteiger partial charge in [-0.05, 0) is 13.3 Å². The monoisotopic (exact) mass is 137 g/mol. The first kappa shape index (κ1) is 7.30. The molecule has 1 N–H and O–H groups in total. The highest BCUT2D eigenvalue weighted by Gasteiger charge is 2.12. The molecular weight excluding hydrogens is 124 g/mol. The van der Waals surface area contributed by atoms with Crippen LogP contribution in [0.25, 0.3) is 4.85 Å². The van der Waals surface area contributed by atoms with Crippen LogP contribution in [-0.2, 0) is 0 Å². The fourth-order valence-corrected chi connectivity index (χ4v) is 1.01.